The lowest BCUT2D eigenvalue weighted by molar-refractivity contribution is 0.101. The van der Waals surface area contributed by atoms with Gasteiger partial charge in [0.25, 0.3) is 5.91 Å². The average Bonchev–Trinajstić information content (AvgIpc) is 3.20. The maximum atomic E-state index is 12.3. The molecule has 4 aromatic rings. The summed E-state index contributed by atoms with van der Waals surface area (Å²) in [6, 6.07) is 13.7. The minimum atomic E-state index is -0.238. The number of carbonyl (C=O) groups is 1. The second kappa shape index (κ2) is 6.10. The molecule has 7 heteroatoms. The van der Waals surface area contributed by atoms with E-state index in [1.54, 1.807) is 19.3 Å². The second-order valence-corrected chi connectivity index (χ2v) is 6.68. The van der Waals surface area contributed by atoms with Crippen molar-refractivity contribution in [2.75, 3.05) is 5.32 Å². The van der Waals surface area contributed by atoms with Gasteiger partial charge in [0.15, 0.2) is 10.8 Å². The van der Waals surface area contributed by atoms with E-state index in [0.29, 0.717) is 16.5 Å². The Morgan fingerprint density at radius 3 is 2.72 bits per heavy atom. The van der Waals surface area contributed by atoms with Gasteiger partial charge in [0, 0.05) is 18.8 Å². The van der Waals surface area contributed by atoms with Crippen LogP contribution in [0, 0.1) is 6.92 Å². The van der Waals surface area contributed by atoms with Crippen LogP contribution in [0.3, 0.4) is 0 Å². The van der Waals surface area contributed by atoms with E-state index in [-0.39, 0.29) is 5.91 Å². The van der Waals surface area contributed by atoms with E-state index in [1.165, 1.54) is 16.0 Å². The molecule has 25 heavy (non-hydrogen) atoms. The van der Waals surface area contributed by atoms with E-state index in [1.807, 2.05) is 30.3 Å². The van der Waals surface area contributed by atoms with Gasteiger partial charge in [-0.3, -0.25) is 14.8 Å². The molecule has 6 nitrogen and oxygen atoms in total. The number of carbonyl (C=O) groups excluding carboxylic acids is 1. The third-order valence-electron chi connectivity index (χ3n) is 3.95. The topological polar surface area (TPSA) is 72.7 Å². The molecule has 0 aliphatic carbocycles. The first-order valence-electron chi connectivity index (χ1n) is 7.75. The first kappa shape index (κ1) is 15.5. The highest BCUT2D eigenvalue weighted by atomic mass is 32.1. The molecule has 1 amide bonds. The van der Waals surface area contributed by atoms with Gasteiger partial charge in [-0.15, -0.1) is 0 Å². The van der Waals surface area contributed by atoms with Crippen LogP contribution in [-0.2, 0) is 7.05 Å². The van der Waals surface area contributed by atoms with Crippen LogP contribution in [-0.4, -0.2) is 25.7 Å². The van der Waals surface area contributed by atoms with Crippen molar-refractivity contribution in [1.82, 2.24) is 19.7 Å². The number of nitrogens with zero attached hydrogens (tertiary/aromatic N) is 4. The Morgan fingerprint density at radius 1 is 1.12 bits per heavy atom. The number of aromatic nitrogens is 4. The van der Waals surface area contributed by atoms with Crippen molar-refractivity contribution in [3.63, 3.8) is 0 Å². The molecule has 0 unspecified atom stereocenters. The van der Waals surface area contributed by atoms with Gasteiger partial charge in [-0.2, -0.15) is 10.1 Å². The van der Waals surface area contributed by atoms with E-state index in [4.69, 9.17) is 0 Å². The highest BCUT2D eigenvalue weighted by Crippen LogP contribution is 2.29. The summed E-state index contributed by atoms with van der Waals surface area (Å²) in [5, 5.41) is 7.34. The summed E-state index contributed by atoms with van der Waals surface area (Å²) in [4.78, 5) is 21.4. The molecule has 4 rings (SSSR count). The molecule has 124 valence electrons. The zero-order valence-corrected chi connectivity index (χ0v) is 14.5. The van der Waals surface area contributed by atoms with Gasteiger partial charge in [0.1, 0.15) is 5.69 Å². The van der Waals surface area contributed by atoms with Gasteiger partial charge < -0.3 is 0 Å². The number of nitrogens with one attached hydrogen (secondary N) is 1. The molecule has 1 aromatic carbocycles. The zero-order chi connectivity index (χ0) is 17.4. The number of hydrogen-bond donors (Lipinski definition) is 1. The molecule has 0 saturated heterocycles. The van der Waals surface area contributed by atoms with Crippen molar-refractivity contribution in [2.24, 2.45) is 7.05 Å². The van der Waals surface area contributed by atoms with Gasteiger partial charge in [0.05, 0.1) is 10.4 Å². The van der Waals surface area contributed by atoms with Crippen molar-refractivity contribution in [3.8, 4) is 11.3 Å². The van der Waals surface area contributed by atoms with Crippen LogP contribution in [0.2, 0.25) is 0 Å². The lowest BCUT2D eigenvalue weighted by atomic mass is 10.1. The molecule has 0 fully saturated rings. The van der Waals surface area contributed by atoms with Crippen molar-refractivity contribution in [3.05, 3.63) is 59.9 Å². The van der Waals surface area contributed by atoms with E-state index in [0.717, 1.165) is 21.5 Å². The quantitative estimate of drug-likeness (QED) is 0.613. The summed E-state index contributed by atoms with van der Waals surface area (Å²) in [6.45, 7) is 2.06. The van der Waals surface area contributed by atoms with Crippen LogP contribution in [0.15, 0.2) is 48.7 Å². The smallest absolute Gasteiger partial charge is 0.275 e. The summed E-state index contributed by atoms with van der Waals surface area (Å²) in [5.74, 6) is -0.238. The van der Waals surface area contributed by atoms with E-state index in [9.17, 15) is 4.79 Å². The zero-order valence-electron chi connectivity index (χ0n) is 13.7. The van der Waals surface area contributed by atoms with Gasteiger partial charge in [-0.1, -0.05) is 35.6 Å². The summed E-state index contributed by atoms with van der Waals surface area (Å²) in [7, 11) is 1.73. The maximum absolute atomic E-state index is 12.3. The Balaban J connectivity index is 1.66. The first-order chi connectivity index (χ1) is 12.1. The summed E-state index contributed by atoms with van der Waals surface area (Å²) in [5.41, 5.74) is 4.23. The van der Waals surface area contributed by atoms with Crippen LogP contribution in [0.25, 0.3) is 21.6 Å². The minimum absolute atomic E-state index is 0.238. The molecule has 0 saturated carbocycles. The van der Waals surface area contributed by atoms with Gasteiger partial charge in [0.2, 0.25) is 0 Å². The molecule has 0 atom stereocenters. The van der Waals surface area contributed by atoms with Crippen LogP contribution in [0.5, 0.6) is 0 Å². The predicted octanol–water partition coefficient (Wildman–Crippen LogP) is 3.65. The molecule has 0 aliphatic heterocycles. The minimum Gasteiger partial charge on any atom is -0.296 e. The third-order valence-corrected chi connectivity index (χ3v) is 4.87. The third kappa shape index (κ3) is 2.89. The Kier molecular flexibility index (Phi) is 3.77. The lowest BCUT2D eigenvalue weighted by Gasteiger charge is -2.03. The molecule has 3 aromatic heterocycles. The van der Waals surface area contributed by atoms with Gasteiger partial charge >= 0.3 is 0 Å². The highest BCUT2D eigenvalue weighted by molar-refractivity contribution is 7.22. The number of aryl methyl sites for hydroxylation is 2. The number of hydrogen-bond acceptors (Lipinski definition) is 5. The molecule has 1 N–H and O–H groups in total. The van der Waals surface area contributed by atoms with Crippen LogP contribution in [0.4, 0.5) is 5.13 Å². The fourth-order valence-corrected chi connectivity index (χ4v) is 3.44. The molecule has 0 bridgehead atoms. The summed E-state index contributed by atoms with van der Waals surface area (Å²) >= 11 is 1.40. The largest absolute Gasteiger partial charge is 0.296 e. The average molecular weight is 349 g/mol. The summed E-state index contributed by atoms with van der Waals surface area (Å²) < 4.78 is 2.45. The fraction of sp³-hybridized carbons (Fsp3) is 0.111. The second-order valence-electron chi connectivity index (χ2n) is 5.65. The SMILES string of the molecule is Cc1ccccc1-c1ccc2sc(NC(=O)c3ccnn3C)nc2n1. The van der Waals surface area contributed by atoms with Crippen molar-refractivity contribution in [1.29, 1.82) is 0 Å². The number of benzene rings is 1. The Labute approximate surface area is 148 Å². The van der Waals surface area contributed by atoms with Crippen LogP contribution < -0.4 is 5.32 Å². The number of fused-ring (bicyclic) bond motifs is 1. The highest BCUT2D eigenvalue weighted by Gasteiger charge is 2.14. The summed E-state index contributed by atoms with van der Waals surface area (Å²) in [6.07, 6.45) is 1.59. The number of rotatable bonds is 3. The van der Waals surface area contributed by atoms with Crippen molar-refractivity contribution < 1.29 is 4.79 Å². The molecule has 0 radical (unpaired) electrons. The number of anilines is 1. The Bertz CT molecular complexity index is 1080. The number of pyridine rings is 1. The monoisotopic (exact) mass is 349 g/mol. The predicted molar refractivity (Wildman–Crippen MR) is 98.7 cm³/mol. The van der Waals surface area contributed by atoms with Gasteiger partial charge in [-0.05, 0) is 30.7 Å². The van der Waals surface area contributed by atoms with E-state index < -0.39 is 0 Å². The molecular weight excluding hydrogens is 334 g/mol. The molecular formula is C18H15N5OS. The van der Waals surface area contributed by atoms with E-state index in [2.05, 4.69) is 33.4 Å². The van der Waals surface area contributed by atoms with Gasteiger partial charge in [-0.25, -0.2) is 4.98 Å². The lowest BCUT2D eigenvalue weighted by Crippen LogP contribution is -2.15. The van der Waals surface area contributed by atoms with Crippen molar-refractivity contribution >= 4 is 32.7 Å². The van der Waals surface area contributed by atoms with Crippen LogP contribution in [0.1, 0.15) is 16.1 Å². The maximum Gasteiger partial charge on any atom is 0.275 e. The van der Waals surface area contributed by atoms with E-state index >= 15 is 0 Å². The van der Waals surface area contributed by atoms with Crippen molar-refractivity contribution in [2.45, 2.75) is 6.92 Å². The number of thiazole rings is 1. The Morgan fingerprint density at radius 2 is 1.96 bits per heavy atom. The standard InChI is InChI=1S/C18H15N5OS/c1-11-5-3-4-6-12(11)13-7-8-15-16(20-13)21-18(25-15)22-17(24)14-9-10-19-23(14)2/h3-10H,1-2H3,(H,20,21,22,24). The molecule has 0 spiro atoms. The number of amides is 1. The normalized spacial score (nSPS) is 11.0. The van der Waals surface area contributed by atoms with Crippen LogP contribution >= 0.6 is 11.3 Å². The molecule has 0 aliphatic rings. The first-order valence-corrected chi connectivity index (χ1v) is 8.56. The Hall–Kier alpha value is -3.06. The fourth-order valence-electron chi connectivity index (χ4n) is 2.64. The molecule has 3 heterocycles.